The van der Waals surface area contributed by atoms with Crippen LogP contribution < -0.4 is 14.4 Å². The Morgan fingerprint density at radius 1 is 0.900 bits per heavy atom. The van der Waals surface area contributed by atoms with E-state index in [0.717, 1.165) is 16.0 Å². The van der Waals surface area contributed by atoms with Crippen molar-refractivity contribution in [1.29, 1.82) is 0 Å². The zero-order valence-electron chi connectivity index (χ0n) is 16.7. The number of hydrogen-bond acceptors (Lipinski definition) is 5. The fraction of sp³-hybridized carbons (Fsp3) is 0.167. The summed E-state index contributed by atoms with van der Waals surface area (Å²) in [7, 11) is 0. The Bertz CT molecular complexity index is 1090. The number of carbonyl (C=O) groups is 1. The van der Waals surface area contributed by atoms with Crippen LogP contribution in [0.25, 0.3) is 10.2 Å². The van der Waals surface area contributed by atoms with Crippen LogP contribution in [-0.4, -0.2) is 30.6 Å². The van der Waals surface area contributed by atoms with Crippen molar-refractivity contribution in [3.8, 4) is 11.5 Å². The second kappa shape index (κ2) is 9.41. The molecule has 1 heterocycles. The number of aromatic nitrogens is 1. The van der Waals surface area contributed by atoms with Crippen LogP contribution in [0, 0.1) is 0 Å². The van der Waals surface area contributed by atoms with E-state index in [9.17, 15) is 4.79 Å². The quantitative estimate of drug-likeness (QED) is 0.359. The third-order valence-corrected chi connectivity index (χ3v) is 5.60. The summed E-state index contributed by atoms with van der Waals surface area (Å²) in [5, 5.41) is 0.686. The normalized spacial score (nSPS) is 10.7. The molecule has 0 spiro atoms. The Hall–Kier alpha value is -3.38. The molecule has 0 saturated heterocycles. The highest BCUT2D eigenvalue weighted by atomic mass is 32.1. The fourth-order valence-electron chi connectivity index (χ4n) is 3.08. The predicted octanol–water partition coefficient (Wildman–Crippen LogP) is 5.42. The Labute approximate surface area is 179 Å². The topological polar surface area (TPSA) is 51.7 Å². The van der Waals surface area contributed by atoms with E-state index < -0.39 is 0 Å². The highest BCUT2D eigenvalue weighted by Crippen LogP contribution is 2.30. The molecule has 0 radical (unpaired) electrons. The van der Waals surface area contributed by atoms with Crippen LogP contribution in [0.5, 0.6) is 11.5 Å². The summed E-state index contributed by atoms with van der Waals surface area (Å²) in [6.07, 6.45) is 0. The number of fused-ring (bicyclic) bond motifs is 1. The van der Waals surface area contributed by atoms with Crippen molar-refractivity contribution in [3.05, 3.63) is 84.4 Å². The maximum absolute atomic E-state index is 13.3. The molecule has 152 valence electrons. The van der Waals surface area contributed by atoms with E-state index in [-0.39, 0.29) is 5.91 Å². The maximum atomic E-state index is 13.3. The lowest BCUT2D eigenvalue weighted by molar-refractivity contribution is 0.0983. The summed E-state index contributed by atoms with van der Waals surface area (Å²) in [5.74, 6) is 1.20. The molecule has 5 nitrogen and oxygen atoms in total. The number of nitrogens with zero attached hydrogens (tertiary/aromatic N) is 2. The van der Waals surface area contributed by atoms with Gasteiger partial charge in [-0.3, -0.25) is 9.69 Å². The summed E-state index contributed by atoms with van der Waals surface area (Å²) < 4.78 is 12.6. The number of amides is 1. The third kappa shape index (κ3) is 4.44. The van der Waals surface area contributed by atoms with Crippen molar-refractivity contribution in [2.24, 2.45) is 0 Å². The van der Waals surface area contributed by atoms with Crippen molar-refractivity contribution >= 4 is 32.6 Å². The first kappa shape index (κ1) is 19.9. The molecule has 0 unspecified atom stereocenters. The molecule has 0 bridgehead atoms. The van der Waals surface area contributed by atoms with Gasteiger partial charge in [-0.15, -0.1) is 0 Å². The van der Waals surface area contributed by atoms with Gasteiger partial charge in [-0.2, -0.15) is 0 Å². The summed E-state index contributed by atoms with van der Waals surface area (Å²) in [6.45, 7) is 3.19. The molecule has 0 aliphatic carbocycles. The molecule has 0 aliphatic rings. The lowest BCUT2D eigenvalue weighted by atomic mass is 10.1. The molecule has 1 amide bonds. The molecule has 30 heavy (non-hydrogen) atoms. The summed E-state index contributed by atoms with van der Waals surface area (Å²) in [5.41, 5.74) is 1.41. The second-order valence-corrected chi connectivity index (χ2v) is 7.53. The van der Waals surface area contributed by atoms with Crippen molar-refractivity contribution in [2.45, 2.75) is 6.92 Å². The molecular weight excluding hydrogens is 396 g/mol. The van der Waals surface area contributed by atoms with E-state index in [2.05, 4.69) is 4.98 Å². The lowest BCUT2D eigenvalue weighted by Gasteiger charge is -2.19. The zero-order chi connectivity index (χ0) is 20.8. The van der Waals surface area contributed by atoms with E-state index in [4.69, 9.17) is 9.47 Å². The van der Waals surface area contributed by atoms with Crippen LogP contribution in [0.2, 0.25) is 0 Å². The summed E-state index contributed by atoms with van der Waals surface area (Å²) >= 11 is 1.51. The Morgan fingerprint density at radius 3 is 2.40 bits per heavy atom. The minimum absolute atomic E-state index is 0.129. The standard InChI is InChI=1S/C24H22N2O3S/c1-2-26(24-25-20-13-7-9-15-22(20)30-24)23(27)19-12-6-8-14-21(19)29-17-16-28-18-10-4-3-5-11-18/h3-15H,2,16-17H2,1H3. The van der Waals surface area contributed by atoms with Crippen LogP contribution in [0.15, 0.2) is 78.9 Å². The van der Waals surface area contributed by atoms with Gasteiger partial charge in [0.15, 0.2) is 5.13 Å². The van der Waals surface area contributed by atoms with Crippen molar-refractivity contribution < 1.29 is 14.3 Å². The molecular formula is C24H22N2O3S. The molecule has 4 aromatic rings. The zero-order valence-corrected chi connectivity index (χ0v) is 17.5. The number of ether oxygens (including phenoxy) is 2. The molecule has 0 fully saturated rings. The molecule has 0 aliphatic heterocycles. The van der Waals surface area contributed by atoms with Crippen molar-refractivity contribution in [2.75, 3.05) is 24.7 Å². The van der Waals surface area contributed by atoms with Gasteiger partial charge in [-0.25, -0.2) is 4.98 Å². The first-order chi connectivity index (χ1) is 14.8. The average molecular weight is 419 g/mol. The van der Waals surface area contributed by atoms with Crippen LogP contribution in [-0.2, 0) is 0 Å². The first-order valence-electron chi connectivity index (χ1n) is 9.83. The number of para-hydroxylation sites is 3. The number of anilines is 1. The highest BCUT2D eigenvalue weighted by Gasteiger charge is 2.22. The summed E-state index contributed by atoms with van der Waals surface area (Å²) in [6, 6.07) is 24.8. The molecule has 0 atom stereocenters. The van der Waals surface area contributed by atoms with Crippen LogP contribution >= 0.6 is 11.3 Å². The van der Waals surface area contributed by atoms with Gasteiger partial charge in [0.1, 0.15) is 24.7 Å². The van der Waals surface area contributed by atoms with Crippen LogP contribution in [0.1, 0.15) is 17.3 Å². The predicted molar refractivity (Wildman–Crippen MR) is 121 cm³/mol. The number of thiazole rings is 1. The Kier molecular flexibility index (Phi) is 6.25. The van der Waals surface area contributed by atoms with Gasteiger partial charge in [0.25, 0.3) is 5.91 Å². The van der Waals surface area contributed by atoms with E-state index >= 15 is 0 Å². The smallest absolute Gasteiger partial charge is 0.263 e. The van der Waals surface area contributed by atoms with Gasteiger partial charge >= 0.3 is 0 Å². The van der Waals surface area contributed by atoms with Crippen molar-refractivity contribution in [1.82, 2.24) is 4.98 Å². The Balaban J connectivity index is 1.47. The highest BCUT2D eigenvalue weighted by molar-refractivity contribution is 7.22. The monoisotopic (exact) mass is 418 g/mol. The average Bonchev–Trinajstić information content (AvgIpc) is 3.22. The third-order valence-electron chi connectivity index (χ3n) is 4.55. The van der Waals surface area contributed by atoms with Crippen LogP contribution in [0.4, 0.5) is 5.13 Å². The van der Waals surface area contributed by atoms with Gasteiger partial charge in [0, 0.05) is 6.54 Å². The van der Waals surface area contributed by atoms with E-state index in [1.165, 1.54) is 11.3 Å². The van der Waals surface area contributed by atoms with Gasteiger partial charge < -0.3 is 9.47 Å². The fourth-order valence-corrected chi connectivity index (χ4v) is 4.11. The number of benzene rings is 3. The maximum Gasteiger partial charge on any atom is 0.263 e. The molecule has 6 heteroatoms. The lowest BCUT2D eigenvalue weighted by Crippen LogP contribution is -2.31. The van der Waals surface area contributed by atoms with E-state index in [1.54, 1.807) is 11.0 Å². The number of rotatable bonds is 8. The van der Waals surface area contributed by atoms with Crippen molar-refractivity contribution in [3.63, 3.8) is 0 Å². The van der Waals surface area contributed by atoms with Gasteiger partial charge in [0.05, 0.1) is 15.8 Å². The molecule has 0 saturated carbocycles. The minimum Gasteiger partial charge on any atom is -0.490 e. The van der Waals surface area contributed by atoms with Gasteiger partial charge in [-0.1, -0.05) is 53.8 Å². The molecule has 0 N–H and O–H groups in total. The molecule has 3 aromatic carbocycles. The van der Waals surface area contributed by atoms with E-state index in [1.807, 2.05) is 79.7 Å². The second-order valence-electron chi connectivity index (χ2n) is 6.52. The largest absolute Gasteiger partial charge is 0.490 e. The van der Waals surface area contributed by atoms with Gasteiger partial charge in [-0.05, 0) is 43.3 Å². The molecule has 1 aromatic heterocycles. The van der Waals surface area contributed by atoms with E-state index in [0.29, 0.717) is 36.2 Å². The summed E-state index contributed by atoms with van der Waals surface area (Å²) in [4.78, 5) is 19.6. The SMILES string of the molecule is CCN(C(=O)c1ccccc1OCCOc1ccccc1)c1nc2ccccc2s1. The first-order valence-corrected chi connectivity index (χ1v) is 10.6. The van der Waals surface area contributed by atoms with Crippen LogP contribution in [0.3, 0.4) is 0 Å². The molecule has 4 rings (SSSR count). The minimum atomic E-state index is -0.129. The van der Waals surface area contributed by atoms with Gasteiger partial charge in [0.2, 0.25) is 0 Å². The number of carbonyl (C=O) groups excluding carboxylic acids is 1. The Morgan fingerprint density at radius 2 is 1.60 bits per heavy atom. The number of hydrogen-bond donors (Lipinski definition) is 0.